The van der Waals surface area contributed by atoms with E-state index in [-0.39, 0.29) is 5.71 Å². The third kappa shape index (κ3) is 3.44. The summed E-state index contributed by atoms with van der Waals surface area (Å²) in [6.45, 7) is 3.32. The van der Waals surface area contributed by atoms with E-state index in [0.717, 1.165) is 25.9 Å². The molecule has 0 bridgehead atoms. The van der Waals surface area contributed by atoms with Gasteiger partial charge in [0.15, 0.2) is 0 Å². The van der Waals surface area contributed by atoms with Crippen molar-refractivity contribution in [2.24, 2.45) is 5.10 Å². The van der Waals surface area contributed by atoms with Gasteiger partial charge < -0.3 is 5.11 Å². The molecule has 0 radical (unpaired) electrons. The van der Waals surface area contributed by atoms with E-state index in [1.807, 2.05) is 5.01 Å². The second kappa shape index (κ2) is 4.84. The summed E-state index contributed by atoms with van der Waals surface area (Å²) in [5, 5.41) is 14.5. The maximum absolute atomic E-state index is 10.5. The molecule has 4 heteroatoms. The number of carbonyl (C=O) groups is 1. The minimum Gasteiger partial charge on any atom is -0.477 e. The van der Waals surface area contributed by atoms with Crippen LogP contribution in [0.25, 0.3) is 0 Å². The van der Waals surface area contributed by atoms with Crippen molar-refractivity contribution in [3.05, 3.63) is 0 Å². The molecule has 0 aromatic carbocycles. The van der Waals surface area contributed by atoms with Crippen LogP contribution in [-0.2, 0) is 4.79 Å². The molecule has 0 unspecified atom stereocenters. The van der Waals surface area contributed by atoms with Crippen LogP contribution in [0.2, 0.25) is 0 Å². The predicted molar refractivity (Wildman–Crippen MR) is 50.8 cm³/mol. The molecule has 0 saturated carbocycles. The first-order valence-electron chi connectivity index (χ1n) is 4.73. The van der Waals surface area contributed by atoms with E-state index in [9.17, 15) is 4.79 Å². The van der Waals surface area contributed by atoms with Gasteiger partial charge in [0.2, 0.25) is 0 Å². The van der Waals surface area contributed by atoms with Gasteiger partial charge in [0.1, 0.15) is 5.71 Å². The number of hydrogen-bond acceptors (Lipinski definition) is 3. The third-order valence-corrected chi connectivity index (χ3v) is 2.18. The van der Waals surface area contributed by atoms with Crippen molar-refractivity contribution >= 4 is 11.7 Å². The Hall–Kier alpha value is -1.06. The zero-order valence-corrected chi connectivity index (χ0v) is 7.99. The third-order valence-electron chi connectivity index (χ3n) is 2.18. The van der Waals surface area contributed by atoms with Crippen molar-refractivity contribution in [3.8, 4) is 0 Å². The number of carboxylic acid groups (broad SMARTS) is 1. The summed E-state index contributed by atoms with van der Waals surface area (Å²) < 4.78 is 0. The van der Waals surface area contributed by atoms with E-state index in [4.69, 9.17) is 5.11 Å². The Kier molecular flexibility index (Phi) is 3.73. The lowest BCUT2D eigenvalue weighted by atomic mass is 10.2. The highest BCUT2D eigenvalue weighted by atomic mass is 16.4. The Labute approximate surface area is 78.2 Å². The van der Waals surface area contributed by atoms with E-state index in [1.165, 1.54) is 19.8 Å². The molecule has 1 fully saturated rings. The van der Waals surface area contributed by atoms with E-state index < -0.39 is 5.97 Å². The molecule has 13 heavy (non-hydrogen) atoms. The number of rotatable bonds is 2. The Morgan fingerprint density at radius 2 is 1.77 bits per heavy atom. The lowest BCUT2D eigenvalue weighted by Gasteiger charge is -2.15. The van der Waals surface area contributed by atoms with Gasteiger partial charge in [-0.3, -0.25) is 5.01 Å². The summed E-state index contributed by atoms with van der Waals surface area (Å²) in [6.07, 6.45) is 4.71. The molecule has 0 spiro atoms. The Morgan fingerprint density at radius 3 is 2.23 bits per heavy atom. The highest BCUT2D eigenvalue weighted by Crippen LogP contribution is 2.09. The average Bonchev–Trinajstić information content (AvgIpc) is 2.32. The Balaban J connectivity index is 2.50. The number of nitrogens with zero attached hydrogens (tertiary/aromatic N) is 2. The first-order chi connectivity index (χ1) is 6.20. The van der Waals surface area contributed by atoms with Gasteiger partial charge in [-0.05, 0) is 19.8 Å². The molecular formula is C9H16N2O2. The van der Waals surface area contributed by atoms with Crippen molar-refractivity contribution in [1.29, 1.82) is 0 Å². The van der Waals surface area contributed by atoms with Crippen molar-refractivity contribution in [2.75, 3.05) is 13.1 Å². The quantitative estimate of drug-likeness (QED) is 0.658. The molecule has 1 aliphatic rings. The van der Waals surface area contributed by atoms with E-state index >= 15 is 0 Å². The molecule has 74 valence electrons. The van der Waals surface area contributed by atoms with Crippen LogP contribution >= 0.6 is 0 Å². The summed E-state index contributed by atoms with van der Waals surface area (Å²) in [4.78, 5) is 10.5. The first-order valence-corrected chi connectivity index (χ1v) is 4.73. The number of carboxylic acids is 1. The minimum absolute atomic E-state index is 0.182. The fraction of sp³-hybridized carbons (Fsp3) is 0.778. The van der Waals surface area contributed by atoms with Gasteiger partial charge in [0.25, 0.3) is 0 Å². The monoisotopic (exact) mass is 184 g/mol. The summed E-state index contributed by atoms with van der Waals surface area (Å²) >= 11 is 0. The van der Waals surface area contributed by atoms with Crippen LogP contribution < -0.4 is 0 Å². The molecule has 1 rings (SSSR count). The molecule has 0 aromatic heterocycles. The standard InChI is InChI=1S/C9H16N2O2/c1-8(9(12)13)10-11-6-4-2-3-5-7-11/h2-7H2,1H3,(H,12,13). The minimum atomic E-state index is -0.927. The largest absolute Gasteiger partial charge is 0.477 e. The van der Waals surface area contributed by atoms with Gasteiger partial charge in [-0.25, -0.2) is 4.79 Å². The van der Waals surface area contributed by atoms with Gasteiger partial charge in [-0.1, -0.05) is 12.8 Å². The molecule has 0 aliphatic carbocycles. The van der Waals surface area contributed by atoms with Crippen LogP contribution in [0.1, 0.15) is 32.6 Å². The first kappa shape index (κ1) is 10.0. The second-order valence-corrected chi connectivity index (χ2v) is 3.36. The molecule has 1 saturated heterocycles. The molecule has 1 aliphatic heterocycles. The van der Waals surface area contributed by atoms with Gasteiger partial charge in [-0.2, -0.15) is 5.10 Å². The Bertz CT molecular complexity index is 206. The van der Waals surface area contributed by atoms with Gasteiger partial charge in [-0.15, -0.1) is 0 Å². The van der Waals surface area contributed by atoms with Gasteiger partial charge in [0.05, 0.1) is 0 Å². The normalized spacial score (nSPS) is 19.8. The van der Waals surface area contributed by atoms with Crippen LogP contribution in [0, 0.1) is 0 Å². The van der Waals surface area contributed by atoms with Gasteiger partial charge in [0, 0.05) is 13.1 Å². The zero-order valence-electron chi connectivity index (χ0n) is 7.99. The summed E-state index contributed by atoms with van der Waals surface area (Å²) in [6, 6.07) is 0. The number of aliphatic carboxylic acids is 1. The van der Waals surface area contributed by atoms with Crippen molar-refractivity contribution < 1.29 is 9.90 Å². The average molecular weight is 184 g/mol. The lowest BCUT2D eigenvalue weighted by molar-refractivity contribution is -0.129. The second-order valence-electron chi connectivity index (χ2n) is 3.36. The Morgan fingerprint density at radius 1 is 1.23 bits per heavy atom. The van der Waals surface area contributed by atoms with Crippen LogP contribution in [0.15, 0.2) is 5.10 Å². The van der Waals surface area contributed by atoms with Crippen LogP contribution in [-0.4, -0.2) is 34.9 Å². The molecular weight excluding hydrogens is 168 g/mol. The molecule has 1 heterocycles. The lowest BCUT2D eigenvalue weighted by Crippen LogP contribution is -2.22. The van der Waals surface area contributed by atoms with Gasteiger partial charge >= 0.3 is 5.97 Å². The number of hydrogen-bond donors (Lipinski definition) is 1. The van der Waals surface area contributed by atoms with E-state index in [1.54, 1.807) is 0 Å². The summed E-state index contributed by atoms with van der Waals surface area (Å²) in [5.41, 5.74) is 0.182. The highest BCUT2D eigenvalue weighted by molar-refractivity contribution is 6.34. The smallest absolute Gasteiger partial charge is 0.351 e. The maximum atomic E-state index is 10.5. The van der Waals surface area contributed by atoms with Crippen molar-refractivity contribution in [3.63, 3.8) is 0 Å². The topological polar surface area (TPSA) is 52.9 Å². The summed E-state index contributed by atoms with van der Waals surface area (Å²) in [5.74, 6) is -0.927. The van der Waals surface area contributed by atoms with Crippen molar-refractivity contribution in [2.45, 2.75) is 32.6 Å². The van der Waals surface area contributed by atoms with E-state index in [0.29, 0.717) is 0 Å². The zero-order chi connectivity index (χ0) is 9.68. The number of hydrazone groups is 1. The SMILES string of the molecule is CC(=NN1CCCCCC1)C(=O)O. The maximum Gasteiger partial charge on any atom is 0.351 e. The predicted octanol–water partition coefficient (Wildman–Crippen LogP) is 1.32. The van der Waals surface area contributed by atoms with Crippen LogP contribution in [0.3, 0.4) is 0 Å². The molecule has 4 nitrogen and oxygen atoms in total. The summed E-state index contributed by atoms with van der Waals surface area (Å²) in [7, 11) is 0. The highest BCUT2D eigenvalue weighted by Gasteiger charge is 2.08. The molecule has 0 aromatic rings. The van der Waals surface area contributed by atoms with Crippen LogP contribution in [0.4, 0.5) is 0 Å². The van der Waals surface area contributed by atoms with E-state index in [2.05, 4.69) is 5.10 Å². The molecule has 0 atom stereocenters. The molecule has 1 N–H and O–H groups in total. The fourth-order valence-electron chi connectivity index (χ4n) is 1.41. The molecule has 0 amide bonds. The van der Waals surface area contributed by atoms with Crippen molar-refractivity contribution in [1.82, 2.24) is 5.01 Å². The van der Waals surface area contributed by atoms with Crippen LogP contribution in [0.5, 0.6) is 0 Å². The fourth-order valence-corrected chi connectivity index (χ4v) is 1.41.